The lowest BCUT2D eigenvalue weighted by Gasteiger charge is -2.09. The van der Waals surface area contributed by atoms with Crippen LogP contribution in [0.1, 0.15) is 24.3 Å². The van der Waals surface area contributed by atoms with Crippen molar-refractivity contribution in [1.29, 1.82) is 0 Å². The van der Waals surface area contributed by atoms with Gasteiger partial charge in [0.25, 0.3) is 10.0 Å². The van der Waals surface area contributed by atoms with E-state index in [0.717, 1.165) is 5.69 Å². The highest BCUT2D eigenvalue weighted by Gasteiger charge is 2.24. The number of hydrogen-bond donors (Lipinski definition) is 2. The van der Waals surface area contributed by atoms with Gasteiger partial charge in [-0.3, -0.25) is 4.72 Å². The first kappa shape index (κ1) is 13.9. The summed E-state index contributed by atoms with van der Waals surface area (Å²) in [6, 6.07) is 7.77. The van der Waals surface area contributed by atoms with Gasteiger partial charge in [0.1, 0.15) is 5.69 Å². The molecule has 0 atom stereocenters. The monoisotopic (exact) mass is 307 g/mol. The predicted molar refractivity (Wildman–Crippen MR) is 79.9 cm³/mol. The summed E-state index contributed by atoms with van der Waals surface area (Å²) in [5, 5.41) is 7.02. The van der Waals surface area contributed by atoms with E-state index in [4.69, 9.17) is 4.52 Å². The minimum absolute atomic E-state index is 0.0997. The maximum atomic E-state index is 12.4. The second-order valence-electron chi connectivity index (χ2n) is 5.25. The van der Waals surface area contributed by atoms with Crippen LogP contribution >= 0.6 is 0 Å². The van der Waals surface area contributed by atoms with Crippen molar-refractivity contribution in [2.24, 2.45) is 0 Å². The summed E-state index contributed by atoms with van der Waals surface area (Å²) in [5.74, 6) is 0.284. The Kier molecular flexibility index (Phi) is 3.36. The van der Waals surface area contributed by atoms with Crippen molar-refractivity contribution in [3.05, 3.63) is 35.7 Å². The van der Waals surface area contributed by atoms with Crippen molar-refractivity contribution in [3.63, 3.8) is 0 Å². The van der Waals surface area contributed by atoms with Crippen LogP contribution in [0.4, 0.5) is 11.4 Å². The molecule has 1 aromatic heterocycles. The maximum Gasteiger partial charge on any atom is 0.267 e. The Hall–Kier alpha value is -2.02. The zero-order valence-electron chi connectivity index (χ0n) is 11.9. The summed E-state index contributed by atoms with van der Waals surface area (Å²) in [7, 11) is -3.68. The van der Waals surface area contributed by atoms with E-state index in [1.807, 2.05) is 12.1 Å². The van der Waals surface area contributed by atoms with Gasteiger partial charge in [0.2, 0.25) is 0 Å². The number of nitrogens with one attached hydrogen (secondary N) is 2. The van der Waals surface area contributed by atoms with E-state index in [0.29, 0.717) is 17.4 Å². The highest BCUT2D eigenvalue weighted by molar-refractivity contribution is 7.92. The maximum absolute atomic E-state index is 12.4. The SMILES string of the molecule is Cc1noc(C)c1S(=O)(=O)Nc1ccc(NC2CC2)cc1. The molecule has 7 heteroatoms. The molecule has 0 amide bonds. The molecule has 2 aromatic rings. The minimum atomic E-state index is -3.68. The first-order valence-electron chi connectivity index (χ1n) is 6.78. The average Bonchev–Trinajstić information content (AvgIpc) is 3.16. The van der Waals surface area contributed by atoms with E-state index in [1.165, 1.54) is 12.8 Å². The molecule has 0 bridgehead atoms. The summed E-state index contributed by atoms with van der Waals surface area (Å²) in [6.07, 6.45) is 2.39. The number of benzene rings is 1. The number of aromatic nitrogens is 1. The predicted octanol–water partition coefficient (Wildman–Crippen LogP) is 2.67. The molecule has 1 aromatic carbocycles. The molecule has 1 aliphatic rings. The summed E-state index contributed by atoms with van der Waals surface area (Å²) in [6.45, 7) is 3.19. The Morgan fingerprint density at radius 2 is 1.76 bits per heavy atom. The van der Waals surface area contributed by atoms with Crippen LogP contribution in [0.25, 0.3) is 0 Å². The topological polar surface area (TPSA) is 84.2 Å². The molecule has 0 radical (unpaired) electrons. The summed E-state index contributed by atoms with van der Waals surface area (Å²) in [5.41, 5.74) is 1.86. The Balaban J connectivity index is 1.78. The smallest absolute Gasteiger partial charge is 0.267 e. The largest absolute Gasteiger partial charge is 0.382 e. The molecular formula is C14H17N3O3S. The molecular weight excluding hydrogens is 290 g/mol. The molecule has 0 spiro atoms. The molecule has 21 heavy (non-hydrogen) atoms. The molecule has 0 saturated heterocycles. The number of aryl methyl sites for hydroxylation is 2. The van der Waals surface area contributed by atoms with Crippen LogP contribution in [0.3, 0.4) is 0 Å². The summed E-state index contributed by atoms with van der Waals surface area (Å²) in [4.78, 5) is 0.0997. The zero-order chi connectivity index (χ0) is 15.0. The third kappa shape index (κ3) is 3.02. The van der Waals surface area contributed by atoms with E-state index in [1.54, 1.807) is 26.0 Å². The fraction of sp³-hybridized carbons (Fsp3) is 0.357. The lowest BCUT2D eigenvalue weighted by atomic mass is 10.3. The second-order valence-corrected chi connectivity index (χ2v) is 6.87. The Labute approximate surface area is 123 Å². The van der Waals surface area contributed by atoms with Crippen LogP contribution in [0.5, 0.6) is 0 Å². The molecule has 112 valence electrons. The van der Waals surface area contributed by atoms with Gasteiger partial charge in [-0.25, -0.2) is 8.42 Å². The highest BCUT2D eigenvalue weighted by atomic mass is 32.2. The van der Waals surface area contributed by atoms with Crippen molar-refractivity contribution in [2.45, 2.75) is 37.6 Å². The van der Waals surface area contributed by atoms with Crippen LogP contribution in [-0.4, -0.2) is 19.6 Å². The van der Waals surface area contributed by atoms with Crippen molar-refractivity contribution >= 4 is 21.4 Å². The number of anilines is 2. The highest BCUT2D eigenvalue weighted by Crippen LogP contribution is 2.26. The lowest BCUT2D eigenvalue weighted by molar-refractivity contribution is 0.390. The number of nitrogens with zero attached hydrogens (tertiary/aromatic N) is 1. The number of rotatable bonds is 5. The molecule has 0 aliphatic heterocycles. The Morgan fingerprint density at radius 1 is 1.14 bits per heavy atom. The van der Waals surface area contributed by atoms with Gasteiger partial charge >= 0.3 is 0 Å². The number of sulfonamides is 1. The van der Waals surface area contributed by atoms with E-state index in [-0.39, 0.29) is 10.7 Å². The van der Waals surface area contributed by atoms with E-state index in [9.17, 15) is 8.42 Å². The van der Waals surface area contributed by atoms with Crippen LogP contribution in [0.2, 0.25) is 0 Å². The average molecular weight is 307 g/mol. The third-order valence-electron chi connectivity index (χ3n) is 3.32. The van der Waals surface area contributed by atoms with Crippen LogP contribution in [0, 0.1) is 13.8 Å². The minimum Gasteiger partial charge on any atom is -0.382 e. The lowest BCUT2D eigenvalue weighted by Crippen LogP contribution is -2.14. The molecule has 6 nitrogen and oxygen atoms in total. The van der Waals surface area contributed by atoms with Gasteiger partial charge in [0.05, 0.1) is 0 Å². The van der Waals surface area contributed by atoms with Gasteiger partial charge in [0.15, 0.2) is 10.7 Å². The van der Waals surface area contributed by atoms with Crippen molar-refractivity contribution < 1.29 is 12.9 Å². The van der Waals surface area contributed by atoms with Gasteiger partial charge in [-0.15, -0.1) is 0 Å². The second kappa shape index (κ2) is 5.07. The van der Waals surface area contributed by atoms with Gasteiger partial charge in [0, 0.05) is 17.4 Å². The quantitative estimate of drug-likeness (QED) is 0.887. The molecule has 2 N–H and O–H groups in total. The standard InChI is InChI=1S/C14H17N3O3S/c1-9-14(10(2)20-16-9)21(18,19)17-13-7-5-12(6-8-13)15-11-3-4-11/h5-8,11,15,17H,3-4H2,1-2H3. The summed E-state index contributed by atoms with van der Waals surface area (Å²) >= 11 is 0. The van der Waals surface area contributed by atoms with Gasteiger partial charge in [-0.05, 0) is 51.0 Å². The molecule has 1 saturated carbocycles. The molecule has 1 heterocycles. The zero-order valence-corrected chi connectivity index (χ0v) is 12.7. The third-order valence-corrected chi connectivity index (χ3v) is 4.95. The summed E-state index contributed by atoms with van der Waals surface area (Å²) < 4.78 is 32.2. The Bertz CT molecular complexity index is 727. The molecule has 1 fully saturated rings. The molecule has 1 aliphatic carbocycles. The van der Waals surface area contributed by atoms with Crippen LogP contribution in [0.15, 0.2) is 33.7 Å². The van der Waals surface area contributed by atoms with Crippen molar-refractivity contribution in [1.82, 2.24) is 5.16 Å². The van der Waals surface area contributed by atoms with Crippen LogP contribution < -0.4 is 10.0 Å². The van der Waals surface area contributed by atoms with Crippen molar-refractivity contribution in [3.8, 4) is 0 Å². The van der Waals surface area contributed by atoms with Crippen LogP contribution in [-0.2, 0) is 10.0 Å². The normalized spacial score (nSPS) is 15.0. The van der Waals surface area contributed by atoms with E-state index < -0.39 is 10.0 Å². The van der Waals surface area contributed by atoms with E-state index >= 15 is 0 Å². The van der Waals surface area contributed by atoms with E-state index in [2.05, 4.69) is 15.2 Å². The fourth-order valence-corrected chi connectivity index (χ4v) is 3.55. The van der Waals surface area contributed by atoms with Gasteiger partial charge < -0.3 is 9.84 Å². The van der Waals surface area contributed by atoms with Gasteiger partial charge in [-0.1, -0.05) is 5.16 Å². The Morgan fingerprint density at radius 3 is 2.29 bits per heavy atom. The van der Waals surface area contributed by atoms with Gasteiger partial charge in [-0.2, -0.15) is 0 Å². The number of hydrogen-bond acceptors (Lipinski definition) is 5. The first-order valence-corrected chi connectivity index (χ1v) is 8.26. The van der Waals surface area contributed by atoms with Crippen molar-refractivity contribution in [2.75, 3.05) is 10.0 Å². The molecule has 3 rings (SSSR count). The fourth-order valence-electron chi connectivity index (χ4n) is 2.16. The molecule has 0 unspecified atom stereocenters. The first-order chi connectivity index (χ1) is 9.95.